The number of allylic oxidation sites excluding steroid dienone is 10. The molecule has 446 valence electrons. The number of aliphatic hydroxyl groups excluding tert-OH is 1. The number of hydrogen-bond acceptors (Lipinski definition) is 6. The van der Waals surface area contributed by atoms with Crippen molar-refractivity contribution in [1.82, 2.24) is 5.32 Å². The number of hydrogen-bond donors (Lipinski definition) is 2. The molecule has 3 atom stereocenters. The van der Waals surface area contributed by atoms with E-state index in [-0.39, 0.29) is 19.1 Å². The highest BCUT2D eigenvalue weighted by molar-refractivity contribution is 7.45. The van der Waals surface area contributed by atoms with Crippen LogP contribution in [0.1, 0.15) is 309 Å². The third-order valence-electron chi connectivity index (χ3n) is 14.8. The van der Waals surface area contributed by atoms with E-state index in [0.29, 0.717) is 23.9 Å². The Labute approximate surface area is 472 Å². The summed E-state index contributed by atoms with van der Waals surface area (Å²) >= 11 is 0. The predicted octanol–water partition coefficient (Wildman–Crippen LogP) is 19.8. The second-order valence-electron chi connectivity index (χ2n) is 23.4. The standard InChI is InChI=1S/C67H127N2O6P/c1-6-8-10-12-14-16-18-20-22-24-25-26-27-28-29-30-31-32-33-34-35-36-37-38-39-40-41-42-43-45-47-49-51-53-55-57-59-61-67(71)68-65(64-75-76(72,73)74-63-62-69(3,4)5)66(70)60-58-56-54-52-50-48-46-44-23-21-19-17-15-13-11-9-7-2/h8,10,14,16,20,22,25-26,28-29,65-66,70H,6-7,9,11-13,15,17-19,21,23-24,27,30-64H2,1-5H3,(H-,68,71,72,73)/b10-8-,16-14-,22-20-,26-25-,29-28-. The lowest BCUT2D eigenvalue weighted by Gasteiger charge is -2.30. The summed E-state index contributed by atoms with van der Waals surface area (Å²) in [7, 11) is 1.32. The maximum atomic E-state index is 13.0. The molecule has 0 aromatic heterocycles. The van der Waals surface area contributed by atoms with Gasteiger partial charge in [0.2, 0.25) is 5.91 Å². The Morgan fingerprint density at radius 1 is 0.474 bits per heavy atom. The zero-order valence-corrected chi connectivity index (χ0v) is 51.9. The van der Waals surface area contributed by atoms with E-state index >= 15 is 0 Å². The summed E-state index contributed by atoms with van der Waals surface area (Å²) in [6.45, 7) is 4.64. The summed E-state index contributed by atoms with van der Waals surface area (Å²) in [4.78, 5) is 25.6. The van der Waals surface area contributed by atoms with Crippen LogP contribution in [0.2, 0.25) is 0 Å². The predicted molar refractivity (Wildman–Crippen MR) is 330 cm³/mol. The van der Waals surface area contributed by atoms with Crippen molar-refractivity contribution in [3.05, 3.63) is 60.8 Å². The summed E-state index contributed by atoms with van der Waals surface area (Å²) in [5, 5.41) is 14.0. The van der Waals surface area contributed by atoms with Crippen LogP contribution in [-0.2, 0) is 18.4 Å². The van der Waals surface area contributed by atoms with Crippen LogP contribution in [0.3, 0.4) is 0 Å². The Bertz CT molecular complexity index is 1420. The zero-order valence-electron chi connectivity index (χ0n) is 51.0. The topological polar surface area (TPSA) is 108 Å². The summed E-state index contributed by atoms with van der Waals surface area (Å²) in [6, 6.07) is -0.800. The molecule has 76 heavy (non-hydrogen) atoms. The Hall–Kier alpha value is -1.80. The minimum atomic E-state index is -4.57. The van der Waals surface area contributed by atoms with Crippen LogP contribution in [0.5, 0.6) is 0 Å². The molecule has 2 N–H and O–H groups in total. The van der Waals surface area contributed by atoms with E-state index in [1.807, 2.05) is 21.1 Å². The largest absolute Gasteiger partial charge is 0.756 e. The molecule has 0 aliphatic rings. The molecule has 9 heteroatoms. The number of nitrogens with one attached hydrogen (secondary N) is 1. The number of phosphoric acid groups is 1. The van der Waals surface area contributed by atoms with E-state index in [0.717, 1.165) is 70.6 Å². The van der Waals surface area contributed by atoms with Gasteiger partial charge in [-0.15, -0.1) is 0 Å². The molecule has 0 spiro atoms. The van der Waals surface area contributed by atoms with Crippen molar-refractivity contribution in [3.63, 3.8) is 0 Å². The van der Waals surface area contributed by atoms with Gasteiger partial charge in [-0.2, -0.15) is 0 Å². The fraction of sp³-hybridized carbons (Fsp3) is 0.836. The SMILES string of the molecule is CC/C=C\C/C=C\C/C=C\C/C=C\C/C=C\CCCCCCCCCCCCCCCCCCCCCCCC(=O)NC(COP(=O)([O-])OCC[N+](C)(C)C)C(O)CCCCCCCCCCCCCCCCCCC. The highest BCUT2D eigenvalue weighted by Crippen LogP contribution is 2.38. The molecule has 0 aromatic carbocycles. The highest BCUT2D eigenvalue weighted by Gasteiger charge is 2.24. The fourth-order valence-electron chi connectivity index (χ4n) is 9.72. The minimum absolute atomic E-state index is 0.0132. The summed E-state index contributed by atoms with van der Waals surface area (Å²) in [5.41, 5.74) is 0. The molecule has 8 nitrogen and oxygen atoms in total. The second-order valence-corrected chi connectivity index (χ2v) is 24.9. The van der Waals surface area contributed by atoms with E-state index in [1.165, 1.54) is 212 Å². The van der Waals surface area contributed by atoms with Gasteiger partial charge in [0, 0.05) is 6.42 Å². The van der Waals surface area contributed by atoms with Crippen molar-refractivity contribution in [2.45, 2.75) is 321 Å². The monoisotopic (exact) mass is 1090 g/mol. The molecule has 0 fully saturated rings. The summed E-state index contributed by atoms with van der Waals surface area (Å²) < 4.78 is 23.5. The van der Waals surface area contributed by atoms with Crippen LogP contribution in [0.25, 0.3) is 0 Å². The Morgan fingerprint density at radius 2 is 0.803 bits per heavy atom. The van der Waals surface area contributed by atoms with Crippen molar-refractivity contribution in [2.75, 3.05) is 40.9 Å². The first-order valence-electron chi connectivity index (χ1n) is 32.6. The first-order valence-corrected chi connectivity index (χ1v) is 34.1. The quantitative estimate of drug-likeness (QED) is 0.0272. The normalized spacial score (nSPS) is 14.1. The van der Waals surface area contributed by atoms with Gasteiger partial charge in [-0.05, 0) is 57.8 Å². The average molecular weight is 1090 g/mol. The third kappa shape index (κ3) is 59.9. The van der Waals surface area contributed by atoms with Crippen LogP contribution in [0, 0.1) is 0 Å². The molecule has 3 unspecified atom stereocenters. The Kier molecular flexibility index (Phi) is 56.5. The van der Waals surface area contributed by atoms with E-state index < -0.39 is 20.0 Å². The van der Waals surface area contributed by atoms with Gasteiger partial charge in [0.05, 0.1) is 39.9 Å². The molecule has 1 amide bonds. The fourth-order valence-corrected chi connectivity index (χ4v) is 10.4. The van der Waals surface area contributed by atoms with Gasteiger partial charge >= 0.3 is 0 Å². The van der Waals surface area contributed by atoms with Gasteiger partial charge < -0.3 is 28.8 Å². The number of phosphoric ester groups is 1. The molecule has 0 rings (SSSR count). The van der Waals surface area contributed by atoms with E-state index in [1.54, 1.807) is 0 Å². The molecule has 0 bridgehead atoms. The zero-order chi connectivity index (χ0) is 55.6. The van der Waals surface area contributed by atoms with E-state index in [4.69, 9.17) is 9.05 Å². The second kappa shape index (κ2) is 57.9. The number of quaternary nitrogens is 1. The van der Waals surface area contributed by atoms with Crippen LogP contribution in [-0.4, -0.2) is 68.5 Å². The van der Waals surface area contributed by atoms with Crippen molar-refractivity contribution in [1.29, 1.82) is 0 Å². The smallest absolute Gasteiger partial charge is 0.268 e. The molecule has 0 saturated carbocycles. The number of aliphatic hydroxyl groups is 1. The minimum Gasteiger partial charge on any atom is -0.756 e. The molecular weight excluding hydrogens is 960 g/mol. The molecular formula is C67H127N2O6P. The molecule has 0 radical (unpaired) electrons. The first-order chi connectivity index (χ1) is 37.0. The van der Waals surface area contributed by atoms with Crippen LogP contribution < -0.4 is 10.2 Å². The molecule has 0 saturated heterocycles. The van der Waals surface area contributed by atoms with E-state index in [2.05, 4.69) is 79.9 Å². The number of carbonyl (C=O) groups excluding carboxylic acids is 1. The van der Waals surface area contributed by atoms with Gasteiger partial charge in [-0.3, -0.25) is 9.36 Å². The Balaban J connectivity index is 3.95. The van der Waals surface area contributed by atoms with Gasteiger partial charge in [0.15, 0.2) is 0 Å². The van der Waals surface area contributed by atoms with Gasteiger partial charge in [-0.1, -0.05) is 306 Å². The Morgan fingerprint density at radius 3 is 1.17 bits per heavy atom. The lowest BCUT2D eigenvalue weighted by Crippen LogP contribution is -2.46. The molecule has 0 aromatic rings. The maximum absolute atomic E-state index is 13.0. The summed E-state index contributed by atoms with van der Waals surface area (Å²) in [5.74, 6) is -0.160. The number of nitrogens with zero attached hydrogens (tertiary/aromatic N) is 1. The van der Waals surface area contributed by atoms with Gasteiger partial charge in [-0.25, -0.2) is 0 Å². The number of carbonyl (C=O) groups is 1. The van der Waals surface area contributed by atoms with Crippen molar-refractivity contribution >= 4 is 13.7 Å². The summed E-state index contributed by atoms with van der Waals surface area (Å²) in [6.07, 6.45) is 78.5. The first kappa shape index (κ1) is 74.2. The van der Waals surface area contributed by atoms with Crippen LogP contribution in [0.15, 0.2) is 60.8 Å². The number of rotatable bonds is 60. The lowest BCUT2D eigenvalue weighted by molar-refractivity contribution is -0.870. The van der Waals surface area contributed by atoms with Crippen molar-refractivity contribution < 1.29 is 32.9 Å². The van der Waals surface area contributed by atoms with E-state index in [9.17, 15) is 19.4 Å². The molecule has 0 aliphatic carbocycles. The molecule has 0 heterocycles. The van der Waals surface area contributed by atoms with Crippen LogP contribution >= 0.6 is 7.82 Å². The lowest BCUT2D eigenvalue weighted by atomic mass is 10.0. The maximum Gasteiger partial charge on any atom is 0.268 e. The van der Waals surface area contributed by atoms with Crippen molar-refractivity contribution in [3.8, 4) is 0 Å². The van der Waals surface area contributed by atoms with Crippen molar-refractivity contribution in [2.24, 2.45) is 0 Å². The number of likely N-dealkylation sites (N-methyl/N-ethyl adjacent to an activating group) is 1. The molecule has 0 aliphatic heterocycles. The number of amides is 1. The average Bonchev–Trinajstić information content (AvgIpc) is 3.38. The van der Waals surface area contributed by atoms with Crippen LogP contribution in [0.4, 0.5) is 0 Å². The van der Waals surface area contributed by atoms with Gasteiger partial charge in [0.1, 0.15) is 13.2 Å². The third-order valence-corrected chi connectivity index (χ3v) is 15.7. The van der Waals surface area contributed by atoms with Gasteiger partial charge in [0.25, 0.3) is 7.82 Å². The number of unbranched alkanes of at least 4 members (excludes halogenated alkanes) is 37. The highest BCUT2D eigenvalue weighted by atomic mass is 31.2.